The Bertz CT molecular complexity index is 757. The third-order valence-electron chi connectivity index (χ3n) is 4.03. The molecule has 0 spiro atoms. The minimum atomic E-state index is -0.309. The van der Waals surface area contributed by atoms with Gasteiger partial charge in [-0.15, -0.1) is 10.2 Å². The number of hydrogen-bond donors (Lipinski definition) is 1. The van der Waals surface area contributed by atoms with E-state index >= 15 is 0 Å². The molecule has 5 nitrogen and oxygen atoms in total. The maximum atomic E-state index is 14.2. The number of carbonyl (C=O) groups excluding carboxylic acids is 1. The Morgan fingerprint density at radius 3 is 2.68 bits per heavy atom. The van der Waals surface area contributed by atoms with Gasteiger partial charge in [0.05, 0.1) is 10.8 Å². The zero-order valence-corrected chi connectivity index (χ0v) is 15.5. The number of hydrogen-bond acceptors (Lipinski definition) is 4. The van der Waals surface area contributed by atoms with Gasteiger partial charge in [-0.1, -0.05) is 37.7 Å². The molecule has 7 heteroatoms. The average Bonchev–Trinajstić information content (AvgIpc) is 3.34. The molecule has 134 valence electrons. The molecule has 1 saturated carbocycles. The van der Waals surface area contributed by atoms with Crippen LogP contribution in [-0.2, 0) is 4.79 Å². The predicted octanol–water partition coefficient (Wildman–Crippen LogP) is 3.67. The highest BCUT2D eigenvalue weighted by Crippen LogP contribution is 2.42. The Balaban J connectivity index is 1.81. The van der Waals surface area contributed by atoms with Crippen LogP contribution < -0.4 is 5.32 Å². The maximum Gasteiger partial charge on any atom is 0.233 e. The molecule has 25 heavy (non-hydrogen) atoms. The largest absolute Gasteiger partial charge is 0.355 e. The summed E-state index contributed by atoms with van der Waals surface area (Å²) < 4.78 is 16.1. The van der Waals surface area contributed by atoms with Crippen molar-refractivity contribution in [2.24, 2.45) is 5.92 Å². The molecule has 0 saturated heterocycles. The fraction of sp³-hybridized carbons (Fsp3) is 0.500. The van der Waals surface area contributed by atoms with Crippen LogP contribution in [0.3, 0.4) is 0 Å². The molecule has 1 aliphatic carbocycles. The van der Waals surface area contributed by atoms with Gasteiger partial charge in [-0.2, -0.15) is 0 Å². The van der Waals surface area contributed by atoms with E-state index in [1.807, 2.05) is 11.5 Å². The van der Waals surface area contributed by atoms with Gasteiger partial charge < -0.3 is 5.32 Å². The Morgan fingerprint density at radius 2 is 2.04 bits per heavy atom. The molecule has 3 rings (SSSR count). The average molecular weight is 362 g/mol. The van der Waals surface area contributed by atoms with E-state index in [2.05, 4.69) is 29.4 Å². The first-order valence-corrected chi connectivity index (χ1v) is 9.49. The first-order valence-electron chi connectivity index (χ1n) is 8.61. The molecule has 1 amide bonds. The number of amides is 1. The van der Waals surface area contributed by atoms with Crippen LogP contribution in [0.5, 0.6) is 0 Å². The third kappa shape index (κ3) is 4.21. The van der Waals surface area contributed by atoms with E-state index in [0.717, 1.165) is 12.8 Å². The van der Waals surface area contributed by atoms with Gasteiger partial charge in [-0.3, -0.25) is 9.36 Å². The molecule has 1 N–H and O–H groups in total. The zero-order valence-electron chi connectivity index (χ0n) is 14.7. The van der Waals surface area contributed by atoms with Crippen LogP contribution in [0.1, 0.15) is 39.7 Å². The summed E-state index contributed by atoms with van der Waals surface area (Å²) in [6.45, 7) is 6.62. The molecule has 1 aromatic heterocycles. The minimum Gasteiger partial charge on any atom is -0.355 e. The molecule has 1 heterocycles. The number of rotatable bonds is 7. The Morgan fingerprint density at radius 1 is 1.32 bits per heavy atom. The van der Waals surface area contributed by atoms with Gasteiger partial charge in [0, 0.05) is 12.6 Å². The van der Waals surface area contributed by atoms with Crippen molar-refractivity contribution >= 4 is 17.7 Å². The highest BCUT2D eigenvalue weighted by molar-refractivity contribution is 8.00. The fourth-order valence-corrected chi connectivity index (χ4v) is 3.45. The van der Waals surface area contributed by atoms with Gasteiger partial charge in [0.25, 0.3) is 0 Å². The highest BCUT2D eigenvalue weighted by Gasteiger charge is 2.32. The van der Waals surface area contributed by atoms with E-state index < -0.39 is 0 Å². The SMILES string of the molecule is CC(C)CNC(=O)[C@H](C)Sc1nnc(-c2ccccc2F)n1C1CC1. The first kappa shape index (κ1) is 17.9. The zero-order chi connectivity index (χ0) is 18.0. The van der Waals surface area contributed by atoms with Crippen molar-refractivity contribution in [3.8, 4) is 11.4 Å². The summed E-state index contributed by atoms with van der Waals surface area (Å²) in [5.41, 5.74) is 0.450. The van der Waals surface area contributed by atoms with E-state index in [1.54, 1.807) is 18.2 Å². The normalized spacial score (nSPS) is 15.4. The van der Waals surface area contributed by atoms with Crippen molar-refractivity contribution in [2.75, 3.05) is 6.54 Å². The van der Waals surface area contributed by atoms with Crippen LogP contribution in [0.25, 0.3) is 11.4 Å². The minimum absolute atomic E-state index is 0.0171. The standard InChI is InChI=1S/C18H23FN4OS/c1-11(2)10-20-17(24)12(3)25-18-22-21-16(23(18)13-8-9-13)14-6-4-5-7-15(14)19/h4-7,11-13H,8-10H2,1-3H3,(H,20,24)/t12-/m0/s1. The van der Waals surface area contributed by atoms with Crippen molar-refractivity contribution < 1.29 is 9.18 Å². The summed E-state index contributed by atoms with van der Waals surface area (Å²) in [6, 6.07) is 6.88. The lowest BCUT2D eigenvalue weighted by molar-refractivity contribution is -0.120. The Labute approximate surface area is 151 Å². The molecule has 0 aliphatic heterocycles. The number of thioether (sulfide) groups is 1. The maximum absolute atomic E-state index is 14.2. The monoisotopic (exact) mass is 362 g/mol. The number of carbonyl (C=O) groups is 1. The van der Waals surface area contributed by atoms with Crippen LogP contribution in [0.15, 0.2) is 29.4 Å². The van der Waals surface area contributed by atoms with Crippen molar-refractivity contribution in [3.05, 3.63) is 30.1 Å². The summed E-state index contributed by atoms with van der Waals surface area (Å²) >= 11 is 1.37. The van der Waals surface area contributed by atoms with Crippen LogP contribution in [-0.4, -0.2) is 32.5 Å². The van der Waals surface area contributed by atoms with Gasteiger partial charge in [0.2, 0.25) is 5.91 Å². The summed E-state index contributed by atoms with van der Waals surface area (Å²) in [6.07, 6.45) is 2.06. The van der Waals surface area contributed by atoms with Gasteiger partial charge in [-0.25, -0.2) is 4.39 Å². The van der Waals surface area contributed by atoms with E-state index in [9.17, 15) is 9.18 Å². The third-order valence-corrected chi connectivity index (χ3v) is 5.08. The van der Waals surface area contributed by atoms with E-state index in [0.29, 0.717) is 29.0 Å². The molecule has 1 atom stereocenters. The second-order valence-corrected chi connectivity index (χ2v) is 8.09. The summed E-state index contributed by atoms with van der Waals surface area (Å²) in [4.78, 5) is 12.2. The Kier molecular flexibility index (Phi) is 5.42. The number of nitrogens with zero attached hydrogens (tertiary/aromatic N) is 3. The number of halogens is 1. The first-order chi connectivity index (χ1) is 12.0. The van der Waals surface area contributed by atoms with Gasteiger partial charge in [0.15, 0.2) is 11.0 Å². The van der Waals surface area contributed by atoms with Crippen LogP contribution in [0.2, 0.25) is 0 Å². The van der Waals surface area contributed by atoms with Gasteiger partial charge in [0.1, 0.15) is 5.82 Å². The van der Waals surface area contributed by atoms with Crippen LogP contribution in [0, 0.1) is 11.7 Å². The summed E-state index contributed by atoms with van der Waals surface area (Å²) in [7, 11) is 0. The summed E-state index contributed by atoms with van der Waals surface area (Å²) in [5.74, 6) is 0.620. The molecule has 0 unspecified atom stereocenters. The fourth-order valence-electron chi connectivity index (χ4n) is 2.51. The van der Waals surface area contributed by atoms with E-state index in [1.165, 1.54) is 17.8 Å². The molecule has 1 fully saturated rings. The van der Waals surface area contributed by atoms with E-state index in [4.69, 9.17) is 0 Å². The van der Waals surface area contributed by atoms with Crippen LogP contribution in [0.4, 0.5) is 4.39 Å². The Hall–Kier alpha value is -1.89. The van der Waals surface area contributed by atoms with Crippen molar-refractivity contribution in [2.45, 2.75) is 50.1 Å². The molecule has 1 aliphatic rings. The van der Waals surface area contributed by atoms with Crippen molar-refractivity contribution in [1.29, 1.82) is 0 Å². The summed E-state index contributed by atoms with van der Waals surface area (Å²) in [5, 5.41) is 11.8. The molecule has 0 bridgehead atoms. The smallest absolute Gasteiger partial charge is 0.233 e. The van der Waals surface area contributed by atoms with Gasteiger partial charge in [-0.05, 0) is 37.8 Å². The highest BCUT2D eigenvalue weighted by atomic mass is 32.2. The molecule has 2 aromatic rings. The predicted molar refractivity (Wildman–Crippen MR) is 96.9 cm³/mol. The quantitative estimate of drug-likeness (QED) is 0.764. The van der Waals surface area contributed by atoms with Crippen LogP contribution >= 0.6 is 11.8 Å². The number of aromatic nitrogens is 3. The molecular formula is C18H23FN4OS. The topological polar surface area (TPSA) is 59.8 Å². The van der Waals surface area contributed by atoms with Gasteiger partial charge >= 0.3 is 0 Å². The van der Waals surface area contributed by atoms with E-state index in [-0.39, 0.29) is 23.0 Å². The molecule has 1 aromatic carbocycles. The lowest BCUT2D eigenvalue weighted by Gasteiger charge is -2.14. The molecule has 0 radical (unpaired) electrons. The lowest BCUT2D eigenvalue weighted by atomic mass is 10.2. The van der Waals surface area contributed by atoms with Crippen molar-refractivity contribution in [3.63, 3.8) is 0 Å². The number of benzene rings is 1. The van der Waals surface area contributed by atoms with Crippen molar-refractivity contribution in [1.82, 2.24) is 20.1 Å². The molecular weight excluding hydrogens is 339 g/mol. The second kappa shape index (κ2) is 7.56. The second-order valence-electron chi connectivity index (χ2n) is 6.79. The lowest BCUT2D eigenvalue weighted by Crippen LogP contribution is -2.33. The number of nitrogens with one attached hydrogen (secondary N) is 1.